The Labute approximate surface area is 291 Å². The van der Waals surface area contributed by atoms with Gasteiger partial charge in [-0.05, 0) is 50.5 Å². The molecule has 11 nitrogen and oxygen atoms in total. The first-order chi connectivity index (χ1) is 23.8. The van der Waals surface area contributed by atoms with Crippen molar-refractivity contribution in [3.63, 3.8) is 0 Å². The molecule has 2 bridgehead atoms. The van der Waals surface area contributed by atoms with Gasteiger partial charge in [0.2, 0.25) is 17.7 Å². The molecule has 49 heavy (non-hydrogen) atoms. The topological polar surface area (TPSA) is 135 Å². The van der Waals surface area contributed by atoms with Crippen LogP contribution in [0.25, 0.3) is 0 Å². The van der Waals surface area contributed by atoms with Gasteiger partial charge in [0.1, 0.15) is 17.7 Å². The van der Waals surface area contributed by atoms with Crippen LogP contribution in [-0.2, 0) is 33.4 Å². The summed E-state index contributed by atoms with van der Waals surface area (Å²) in [6.45, 7) is 11.0. The molecular formula is C38H55N3O8. The normalized spacial score (nSPS) is 25.0. The number of fused-ring (bicyclic) bond motifs is 1. The van der Waals surface area contributed by atoms with E-state index in [0.29, 0.717) is 63.7 Å². The molecule has 0 unspecified atom stereocenters. The molecule has 2 N–H and O–H groups in total. The van der Waals surface area contributed by atoms with Gasteiger partial charge in [-0.1, -0.05) is 62.2 Å². The van der Waals surface area contributed by atoms with Crippen LogP contribution in [0.15, 0.2) is 55.6 Å². The number of unbranched alkanes of at least 4 members (excludes halogenated alkanes) is 4. The fraction of sp³-hybridized carbons (Fsp3) is 0.632. The molecule has 1 aromatic rings. The Balaban J connectivity index is 1.66. The summed E-state index contributed by atoms with van der Waals surface area (Å²) in [5.74, 6) is -3.09. The Bertz CT molecular complexity index is 1290. The van der Waals surface area contributed by atoms with E-state index in [-0.39, 0.29) is 37.4 Å². The molecule has 0 radical (unpaired) electrons. The van der Waals surface area contributed by atoms with Gasteiger partial charge >= 0.3 is 5.97 Å². The van der Waals surface area contributed by atoms with E-state index in [4.69, 9.17) is 14.2 Å². The zero-order valence-corrected chi connectivity index (χ0v) is 29.2. The number of nitrogens with zero attached hydrogens (tertiary/aromatic N) is 2. The number of aliphatic hydroxyl groups is 1. The van der Waals surface area contributed by atoms with Crippen LogP contribution >= 0.6 is 0 Å². The molecule has 0 aliphatic carbocycles. The van der Waals surface area contributed by atoms with Crippen molar-refractivity contribution in [2.24, 2.45) is 11.8 Å². The van der Waals surface area contributed by atoms with Crippen LogP contribution in [0.1, 0.15) is 82.8 Å². The number of hydrogen-bond acceptors (Lipinski definition) is 8. The SMILES string of the molecule is C=CCCC(=O)N[C@@H](COC)[C@@H](OC(=O)[C@@H]1[C@H]2C(=O)N(CCCCCO)[C@H](C(=O)N(CC=C)CCCCC)[C@]23CC[C@H]1O3)c1ccccc1. The number of allylic oxidation sites excluding steroid dienone is 1. The summed E-state index contributed by atoms with van der Waals surface area (Å²) in [7, 11) is 1.52. The minimum absolute atomic E-state index is 0.0491. The predicted molar refractivity (Wildman–Crippen MR) is 185 cm³/mol. The van der Waals surface area contributed by atoms with Gasteiger partial charge < -0.3 is 34.4 Å². The van der Waals surface area contributed by atoms with E-state index in [9.17, 15) is 24.3 Å². The number of carbonyl (C=O) groups excluding carboxylic acids is 4. The van der Waals surface area contributed by atoms with Gasteiger partial charge in [0.15, 0.2) is 0 Å². The highest BCUT2D eigenvalue weighted by atomic mass is 16.6. The Morgan fingerprint density at radius 2 is 1.92 bits per heavy atom. The molecule has 3 saturated heterocycles. The second-order valence-electron chi connectivity index (χ2n) is 13.4. The lowest BCUT2D eigenvalue weighted by Gasteiger charge is -2.37. The first-order valence-corrected chi connectivity index (χ1v) is 17.9. The number of carbonyl (C=O) groups is 4. The highest BCUT2D eigenvalue weighted by Gasteiger charge is 2.75. The smallest absolute Gasteiger partial charge is 0.313 e. The molecule has 0 aromatic heterocycles. The van der Waals surface area contributed by atoms with E-state index in [1.165, 1.54) is 7.11 Å². The third kappa shape index (κ3) is 8.61. The monoisotopic (exact) mass is 681 g/mol. The minimum atomic E-state index is -1.16. The minimum Gasteiger partial charge on any atom is -0.455 e. The number of hydrogen-bond donors (Lipinski definition) is 2. The first kappa shape index (κ1) is 38.3. The van der Waals surface area contributed by atoms with Crippen molar-refractivity contribution in [1.29, 1.82) is 0 Å². The molecule has 3 aliphatic heterocycles. The Kier molecular flexibility index (Phi) is 14.4. The molecule has 3 heterocycles. The lowest BCUT2D eigenvalue weighted by atomic mass is 9.70. The van der Waals surface area contributed by atoms with Crippen LogP contribution in [0.2, 0.25) is 0 Å². The van der Waals surface area contributed by atoms with Crippen molar-refractivity contribution in [3.8, 4) is 0 Å². The largest absolute Gasteiger partial charge is 0.455 e. The standard InChI is InChI=1S/C38H55N3O8/c1-5-8-14-23-40(22-7-3)36(45)34-38-21-20-29(49-38)31(32(38)35(44)41(34)24-15-11-16-25-42)37(46)48-33(27-17-12-10-13-18-27)28(26-47-4)39-30(43)19-9-6-2/h6-7,10,12-13,17-18,28-29,31-34,42H,2-3,5,8-9,11,14-16,19-26H2,1,4H3,(H,39,43)/t28-,29+,31-,32-,33-,34+,38-/m0/s1. The number of rotatable bonds is 22. The van der Waals surface area contributed by atoms with Crippen LogP contribution in [0.4, 0.5) is 0 Å². The number of esters is 1. The van der Waals surface area contributed by atoms with Crippen LogP contribution in [-0.4, -0.2) is 102 Å². The van der Waals surface area contributed by atoms with Gasteiger partial charge in [0, 0.05) is 39.8 Å². The highest BCUT2D eigenvalue weighted by Crippen LogP contribution is 2.59. The highest BCUT2D eigenvalue weighted by molar-refractivity contribution is 5.98. The third-order valence-electron chi connectivity index (χ3n) is 10.1. The number of benzene rings is 1. The molecule has 1 spiro atoms. The van der Waals surface area contributed by atoms with Gasteiger partial charge in [-0.3, -0.25) is 19.2 Å². The maximum absolute atomic E-state index is 14.5. The second kappa shape index (κ2) is 18.5. The Morgan fingerprint density at radius 1 is 1.14 bits per heavy atom. The molecule has 270 valence electrons. The average molecular weight is 682 g/mol. The van der Waals surface area contributed by atoms with Crippen molar-refractivity contribution in [2.75, 3.05) is 40.0 Å². The average Bonchev–Trinajstić information content (AvgIpc) is 3.75. The fourth-order valence-electron chi connectivity index (χ4n) is 7.81. The quantitative estimate of drug-likeness (QED) is 0.106. The summed E-state index contributed by atoms with van der Waals surface area (Å²) >= 11 is 0. The van der Waals surface area contributed by atoms with E-state index in [2.05, 4.69) is 25.4 Å². The number of amides is 3. The number of nitrogens with one attached hydrogen (secondary N) is 1. The lowest BCUT2D eigenvalue weighted by molar-refractivity contribution is -0.163. The summed E-state index contributed by atoms with van der Waals surface area (Å²) in [4.78, 5) is 59.5. The van der Waals surface area contributed by atoms with Gasteiger partial charge in [-0.25, -0.2) is 0 Å². The van der Waals surface area contributed by atoms with Crippen molar-refractivity contribution in [3.05, 3.63) is 61.2 Å². The van der Waals surface area contributed by atoms with Crippen molar-refractivity contribution < 1.29 is 38.5 Å². The Hall–Kier alpha value is -3.54. The molecule has 1 aromatic carbocycles. The number of aliphatic hydroxyl groups excluding tert-OH is 1. The summed E-state index contributed by atoms with van der Waals surface area (Å²) in [6.07, 6.45) is 8.28. The number of likely N-dealkylation sites (tertiary alicyclic amines) is 1. The predicted octanol–water partition coefficient (Wildman–Crippen LogP) is 4.11. The maximum atomic E-state index is 14.5. The van der Waals surface area contributed by atoms with Gasteiger partial charge in [0.05, 0.1) is 30.6 Å². The second-order valence-corrected chi connectivity index (χ2v) is 13.4. The fourth-order valence-corrected chi connectivity index (χ4v) is 7.81. The van der Waals surface area contributed by atoms with Crippen molar-refractivity contribution >= 4 is 23.7 Å². The maximum Gasteiger partial charge on any atom is 0.313 e. The Morgan fingerprint density at radius 3 is 2.59 bits per heavy atom. The summed E-state index contributed by atoms with van der Waals surface area (Å²) in [5.41, 5.74) is -0.485. The van der Waals surface area contributed by atoms with Gasteiger partial charge in [-0.15, -0.1) is 13.2 Å². The van der Waals surface area contributed by atoms with Crippen LogP contribution in [0.3, 0.4) is 0 Å². The molecule has 0 saturated carbocycles. The summed E-state index contributed by atoms with van der Waals surface area (Å²) in [6, 6.07) is 7.59. The van der Waals surface area contributed by atoms with E-state index in [0.717, 1.165) is 19.3 Å². The van der Waals surface area contributed by atoms with Crippen LogP contribution in [0.5, 0.6) is 0 Å². The molecule has 3 fully saturated rings. The van der Waals surface area contributed by atoms with Gasteiger partial charge in [-0.2, -0.15) is 0 Å². The molecule has 7 atom stereocenters. The van der Waals surface area contributed by atoms with Crippen LogP contribution < -0.4 is 5.32 Å². The van der Waals surface area contributed by atoms with E-state index >= 15 is 0 Å². The van der Waals surface area contributed by atoms with E-state index in [1.54, 1.807) is 22.0 Å². The molecular weight excluding hydrogens is 626 g/mol. The molecule has 4 rings (SSSR count). The summed E-state index contributed by atoms with van der Waals surface area (Å²) in [5, 5.41) is 12.3. The van der Waals surface area contributed by atoms with E-state index < -0.39 is 47.7 Å². The molecule has 3 amide bonds. The number of ether oxygens (including phenoxy) is 3. The van der Waals surface area contributed by atoms with E-state index in [1.807, 2.05) is 30.3 Å². The van der Waals surface area contributed by atoms with Crippen molar-refractivity contribution in [2.45, 2.75) is 101 Å². The molecule has 3 aliphatic rings. The zero-order chi connectivity index (χ0) is 35.4. The number of methoxy groups -OCH3 is 1. The third-order valence-corrected chi connectivity index (χ3v) is 10.1. The molecule has 11 heteroatoms. The zero-order valence-electron chi connectivity index (χ0n) is 29.2. The first-order valence-electron chi connectivity index (χ1n) is 17.9. The van der Waals surface area contributed by atoms with Gasteiger partial charge in [0.25, 0.3) is 0 Å². The lowest BCUT2D eigenvalue weighted by Crippen LogP contribution is -2.56. The van der Waals surface area contributed by atoms with Crippen LogP contribution in [0, 0.1) is 11.8 Å². The summed E-state index contributed by atoms with van der Waals surface area (Å²) < 4.78 is 18.4. The van der Waals surface area contributed by atoms with Crippen molar-refractivity contribution in [1.82, 2.24) is 15.1 Å².